The zero-order valence-corrected chi connectivity index (χ0v) is 15.3. The summed E-state index contributed by atoms with van der Waals surface area (Å²) in [5.74, 6) is 1.07. The Morgan fingerprint density at radius 1 is 1.31 bits per heavy atom. The molecule has 1 spiro atoms. The minimum atomic E-state index is -0.253. The number of nitrogens with one attached hydrogen (secondary N) is 2. The van der Waals surface area contributed by atoms with E-state index in [0.717, 1.165) is 55.9 Å². The van der Waals surface area contributed by atoms with Crippen LogP contribution in [0.5, 0.6) is 5.75 Å². The number of amides is 1. The Balaban J connectivity index is 1.55. The van der Waals surface area contributed by atoms with Crippen LogP contribution in [0.25, 0.3) is 0 Å². The number of carbonyl (C=O) groups is 1. The Hall–Kier alpha value is -2.34. The molecule has 6 heteroatoms. The molecule has 0 atom stereocenters. The van der Waals surface area contributed by atoms with E-state index in [9.17, 15) is 4.79 Å². The first-order valence-corrected chi connectivity index (χ1v) is 9.40. The van der Waals surface area contributed by atoms with Gasteiger partial charge in [0.1, 0.15) is 5.75 Å². The van der Waals surface area contributed by atoms with Crippen LogP contribution >= 0.6 is 0 Å². The number of ether oxygens (including phenoxy) is 1. The number of aryl methyl sites for hydroxylation is 1. The van der Waals surface area contributed by atoms with Gasteiger partial charge in [-0.3, -0.25) is 4.79 Å². The van der Waals surface area contributed by atoms with Crippen LogP contribution in [0.1, 0.15) is 36.2 Å². The van der Waals surface area contributed by atoms with Crippen molar-refractivity contribution < 1.29 is 9.53 Å². The smallest absolute Gasteiger partial charge is 0.223 e. The molecule has 1 aromatic heterocycles. The molecule has 6 nitrogen and oxygen atoms in total. The number of para-hydroxylation sites is 1. The molecular formula is C20H26N4O2. The summed E-state index contributed by atoms with van der Waals surface area (Å²) in [4.78, 5) is 23.2. The molecule has 2 aliphatic heterocycles. The van der Waals surface area contributed by atoms with Crippen molar-refractivity contribution in [3.63, 3.8) is 0 Å². The standard InChI is InChI=1S/C20H26N4O2/c1-26-17-5-3-2-4-15(17)6-7-18(25)24-13-8-16-19(23-14-22-16)20(24)9-11-21-12-10-20/h2-5,14,21H,6-13H2,1H3,(H,22,23). The van der Waals surface area contributed by atoms with Gasteiger partial charge in [-0.25, -0.2) is 4.98 Å². The van der Waals surface area contributed by atoms with Gasteiger partial charge >= 0.3 is 0 Å². The van der Waals surface area contributed by atoms with E-state index in [1.165, 1.54) is 5.69 Å². The first-order chi connectivity index (χ1) is 12.7. The Bertz CT molecular complexity index is 780. The first kappa shape index (κ1) is 17.1. The fourth-order valence-corrected chi connectivity index (χ4v) is 4.47. The molecular weight excluding hydrogens is 328 g/mol. The van der Waals surface area contributed by atoms with Crippen LogP contribution < -0.4 is 10.1 Å². The molecule has 138 valence electrons. The van der Waals surface area contributed by atoms with E-state index in [4.69, 9.17) is 4.74 Å². The third-order valence-corrected chi connectivity index (χ3v) is 5.79. The summed E-state index contributed by atoms with van der Waals surface area (Å²) in [5, 5.41) is 3.42. The highest BCUT2D eigenvalue weighted by molar-refractivity contribution is 5.78. The number of aromatic nitrogens is 2. The second-order valence-corrected chi connectivity index (χ2v) is 7.12. The Labute approximate surface area is 154 Å². The van der Waals surface area contributed by atoms with E-state index in [2.05, 4.69) is 20.2 Å². The van der Waals surface area contributed by atoms with Crippen molar-refractivity contribution in [2.75, 3.05) is 26.7 Å². The summed E-state index contributed by atoms with van der Waals surface area (Å²) in [6.07, 6.45) is 5.66. The molecule has 1 fully saturated rings. The number of fused-ring (bicyclic) bond motifs is 2. The minimum absolute atomic E-state index is 0.214. The van der Waals surface area contributed by atoms with Gasteiger partial charge in [-0.2, -0.15) is 0 Å². The lowest BCUT2D eigenvalue weighted by molar-refractivity contribution is -0.140. The van der Waals surface area contributed by atoms with Crippen LogP contribution in [0, 0.1) is 0 Å². The van der Waals surface area contributed by atoms with Gasteiger partial charge in [-0.15, -0.1) is 0 Å². The summed E-state index contributed by atoms with van der Waals surface area (Å²) >= 11 is 0. The lowest BCUT2D eigenvalue weighted by Crippen LogP contribution is -2.57. The van der Waals surface area contributed by atoms with Crippen LogP contribution in [0.4, 0.5) is 0 Å². The van der Waals surface area contributed by atoms with Gasteiger partial charge in [0.2, 0.25) is 5.91 Å². The summed E-state index contributed by atoms with van der Waals surface area (Å²) < 4.78 is 5.42. The van der Waals surface area contributed by atoms with Crippen molar-refractivity contribution in [2.45, 2.75) is 37.6 Å². The van der Waals surface area contributed by atoms with E-state index in [-0.39, 0.29) is 11.4 Å². The number of methoxy groups -OCH3 is 1. The quantitative estimate of drug-likeness (QED) is 0.881. The van der Waals surface area contributed by atoms with Crippen molar-refractivity contribution in [2.24, 2.45) is 0 Å². The number of piperidine rings is 1. The Kier molecular flexibility index (Phi) is 4.68. The predicted molar refractivity (Wildman–Crippen MR) is 99.1 cm³/mol. The van der Waals surface area contributed by atoms with Crippen molar-refractivity contribution in [1.29, 1.82) is 0 Å². The summed E-state index contributed by atoms with van der Waals surface area (Å²) in [6.45, 7) is 2.60. The molecule has 2 aromatic rings. The maximum atomic E-state index is 13.2. The second kappa shape index (κ2) is 7.11. The van der Waals surface area contributed by atoms with Gasteiger partial charge in [-0.05, 0) is 44.0 Å². The molecule has 1 saturated heterocycles. The fourth-order valence-electron chi connectivity index (χ4n) is 4.47. The molecule has 4 rings (SSSR count). The number of H-pyrrole nitrogens is 1. The average molecular weight is 354 g/mol. The molecule has 2 aliphatic rings. The summed E-state index contributed by atoms with van der Waals surface area (Å²) in [6, 6.07) is 7.94. The largest absolute Gasteiger partial charge is 0.496 e. The zero-order chi connectivity index (χ0) is 18.0. The number of hydrogen-bond donors (Lipinski definition) is 2. The molecule has 2 N–H and O–H groups in total. The Morgan fingerprint density at radius 3 is 2.92 bits per heavy atom. The van der Waals surface area contributed by atoms with Crippen molar-refractivity contribution in [1.82, 2.24) is 20.2 Å². The second-order valence-electron chi connectivity index (χ2n) is 7.12. The summed E-state index contributed by atoms with van der Waals surface area (Å²) in [5.41, 5.74) is 3.10. The highest BCUT2D eigenvalue weighted by atomic mass is 16.5. The van der Waals surface area contributed by atoms with Crippen LogP contribution in [-0.2, 0) is 23.2 Å². The number of aromatic amines is 1. The monoisotopic (exact) mass is 354 g/mol. The molecule has 0 unspecified atom stereocenters. The molecule has 1 amide bonds. The van der Waals surface area contributed by atoms with Crippen molar-refractivity contribution in [3.8, 4) is 5.75 Å². The van der Waals surface area contributed by atoms with Crippen molar-refractivity contribution >= 4 is 5.91 Å². The molecule has 0 saturated carbocycles. The van der Waals surface area contributed by atoms with Gasteiger partial charge in [0.25, 0.3) is 0 Å². The topological polar surface area (TPSA) is 70.2 Å². The van der Waals surface area contributed by atoms with Crippen LogP contribution in [0.15, 0.2) is 30.6 Å². The van der Waals surface area contributed by atoms with Gasteiger partial charge in [0.15, 0.2) is 0 Å². The SMILES string of the molecule is COc1ccccc1CCC(=O)N1CCc2[nH]cnc2C12CCNCC2. The fraction of sp³-hybridized carbons (Fsp3) is 0.500. The number of rotatable bonds is 4. The van der Waals surface area contributed by atoms with Gasteiger partial charge < -0.3 is 19.9 Å². The third kappa shape index (κ3) is 2.88. The highest BCUT2D eigenvalue weighted by Crippen LogP contribution is 2.41. The van der Waals surface area contributed by atoms with E-state index in [0.29, 0.717) is 12.8 Å². The minimum Gasteiger partial charge on any atom is -0.496 e. The molecule has 1 aromatic carbocycles. The number of hydrogen-bond acceptors (Lipinski definition) is 4. The number of benzene rings is 1. The van der Waals surface area contributed by atoms with E-state index in [1.807, 2.05) is 24.3 Å². The number of imidazole rings is 1. The van der Waals surface area contributed by atoms with Crippen LogP contribution in [-0.4, -0.2) is 47.5 Å². The van der Waals surface area contributed by atoms with Crippen LogP contribution in [0.2, 0.25) is 0 Å². The van der Waals surface area contributed by atoms with Gasteiger partial charge in [0.05, 0.1) is 24.7 Å². The Morgan fingerprint density at radius 2 is 2.12 bits per heavy atom. The third-order valence-electron chi connectivity index (χ3n) is 5.79. The molecule has 0 bridgehead atoms. The highest BCUT2D eigenvalue weighted by Gasteiger charge is 2.47. The van der Waals surface area contributed by atoms with Gasteiger partial charge in [0, 0.05) is 25.1 Å². The maximum absolute atomic E-state index is 13.2. The molecule has 0 radical (unpaired) electrons. The van der Waals surface area contributed by atoms with Gasteiger partial charge in [-0.1, -0.05) is 18.2 Å². The van der Waals surface area contributed by atoms with E-state index in [1.54, 1.807) is 13.4 Å². The molecule has 3 heterocycles. The average Bonchev–Trinajstić information content (AvgIpc) is 3.17. The summed E-state index contributed by atoms with van der Waals surface area (Å²) in [7, 11) is 1.68. The van der Waals surface area contributed by atoms with E-state index < -0.39 is 0 Å². The zero-order valence-electron chi connectivity index (χ0n) is 15.3. The van der Waals surface area contributed by atoms with E-state index >= 15 is 0 Å². The van der Waals surface area contributed by atoms with Crippen LogP contribution in [0.3, 0.4) is 0 Å². The molecule has 26 heavy (non-hydrogen) atoms. The maximum Gasteiger partial charge on any atom is 0.223 e. The normalized spacial score (nSPS) is 18.6. The number of nitrogens with zero attached hydrogens (tertiary/aromatic N) is 2. The lowest BCUT2D eigenvalue weighted by Gasteiger charge is -2.48. The molecule has 0 aliphatic carbocycles. The lowest BCUT2D eigenvalue weighted by atomic mass is 9.79. The predicted octanol–water partition coefficient (Wildman–Crippen LogP) is 2.01. The first-order valence-electron chi connectivity index (χ1n) is 9.40. The number of carbonyl (C=O) groups excluding carboxylic acids is 1. The van der Waals surface area contributed by atoms with Crippen molar-refractivity contribution in [3.05, 3.63) is 47.5 Å².